The molecule has 0 fully saturated rings. The fourth-order valence-electron chi connectivity index (χ4n) is 1.61. The van der Waals surface area contributed by atoms with Gasteiger partial charge in [0.05, 0.1) is 10.9 Å². The van der Waals surface area contributed by atoms with Crippen LogP contribution in [-0.4, -0.2) is 9.55 Å². The normalized spacial score (nSPS) is 10.9. The molecule has 0 radical (unpaired) electrons. The van der Waals surface area contributed by atoms with Crippen molar-refractivity contribution in [2.45, 2.75) is 13.3 Å². The Morgan fingerprint density at radius 2 is 2.20 bits per heavy atom. The number of nitrogens with zero attached hydrogens (tertiary/aromatic N) is 2. The van der Waals surface area contributed by atoms with Crippen LogP contribution in [0.1, 0.15) is 12.7 Å². The average molecular weight is 223 g/mol. The average Bonchev–Trinajstić information content (AvgIpc) is 2.23. The van der Waals surface area contributed by atoms with Crippen molar-refractivity contribution in [2.24, 2.45) is 7.05 Å². The molecule has 0 amide bonds. The molecule has 0 aliphatic heterocycles. The minimum absolute atomic E-state index is 0.0199. The number of rotatable bonds is 1. The highest BCUT2D eigenvalue weighted by Gasteiger charge is 2.06. The van der Waals surface area contributed by atoms with Gasteiger partial charge in [0.25, 0.3) is 5.56 Å². The molecule has 3 nitrogen and oxygen atoms in total. The summed E-state index contributed by atoms with van der Waals surface area (Å²) >= 11 is 5.86. The molecule has 0 N–H and O–H groups in total. The third kappa shape index (κ3) is 1.63. The van der Waals surface area contributed by atoms with E-state index in [0.29, 0.717) is 15.9 Å². The van der Waals surface area contributed by atoms with Gasteiger partial charge in [-0.2, -0.15) is 0 Å². The van der Waals surface area contributed by atoms with Gasteiger partial charge in [0.2, 0.25) is 0 Å². The molecule has 0 unspecified atom stereocenters. The van der Waals surface area contributed by atoms with Crippen LogP contribution in [0.25, 0.3) is 10.9 Å². The lowest BCUT2D eigenvalue weighted by atomic mass is 10.2. The third-order valence-electron chi connectivity index (χ3n) is 2.45. The summed E-state index contributed by atoms with van der Waals surface area (Å²) in [6.07, 6.45) is 0.730. The van der Waals surface area contributed by atoms with Gasteiger partial charge in [0, 0.05) is 18.5 Å². The van der Waals surface area contributed by atoms with Crippen molar-refractivity contribution >= 4 is 22.5 Å². The lowest BCUT2D eigenvalue weighted by molar-refractivity contribution is 0.752. The van der Waals surface area contributed by atoms with Crippen molar-refractivity contribution < 1.29 is 0 Å². The van der Waals surface area contributed by atoms with Crippen LogP contribution in [0.4, 0.5) is 0 Å². The maximum absolute atomic E-state index is 11.9. The summed E-state index contributed by atoms with van der Waals surface area (Å²) in [4.78, 5) is 16.3. The number of hydrogen-bond acceptors (Lipinski definition) is 2. The Morgan fingerprint density at radius 1 is 1.47 bits per heavy atom. The molecule has 0 saturated carbocycles. The van der Waals surface area contributed by atoms with Gasteiger partial charge in [-0.3, -0.25) is 9.36 Å². The summed E-state index contributed by atoms with van der Waals surface area (Å²) in [6, 6.07) is 5.14. The lowest BCUT2D eigenvalue weighted by Crippen LogP contribution is -2.21. The van der Waals surface area contributed by atoms with Crippen LogP contribution >= 0.6 is 11.6 Å². The summed E-state index contributed by atoms with van der Waals surface area (Å²) in [7, 11) is 1.74. The number of aromatic nitrogens is 2. The van der Waals surface area contributed by atoms with Crippen molar-refractivity contribution in [3.05, 3.63) is 39.4 Å². The first-order valence-electron chi connectivity index (χ1n) is 4.78. The Morgan fingerprint density at radius 3 is 2.87 bits per heavy atom. The molecule has 0 aliphatic carbocycles. The summed E-state index contributed by atoms with van der Waals surface area (Å²) in [5.74, 6) is 0.773. The fraction of sp³-hybridized carbons (Fsp3) is 0.273. The van der Waals surface area contributed by atoms with Gasteiger partial charge in [-0.05, 0) is 18.2 Å². The predicted molar refractivity (Wildman–Crippen MR) is 61.4 cm³/mol. The second-order valence-corrected chi connectivity index (χ2v) is 3.84. The van der Waals surface area contributed by atoms with E-state index in [1.807, 2.05) is 6.92 Å². The van der Waals surface area contributed by atoms with E-state index in [0.717, 1.165) is 12.2 Å². The van der Waals surface area contributed by atoms with E-state index < -0.39 is 0 Å². The van der Waals surface area contributed by atoms with Crippen LogP contribution in [0.15, 0.2) is 23.0 Å². The van der Waals surface area contributed by atoms with E-state index in [9.17, 15) is 4.79 Å². The van der Waals surface area contributed by atoms with E-state index in [-0.39, 0.29) is 5.56 Å². The maximum Gasteiger partial charge on any atom is 0.261 e. The second kappa shape index (κ2) is 3.66. The van der Waals surface area contributed by atoms with Gasteiger partial charge >= 0.3 is 0 Å². The molecule has 15 heavy (non-hydrogen) atoms. The first-order chi connectivity index (χ1) is 7.13. The third-order valence-corrected chi connectivity index (χ3v) is 2.68. The summed E-state index contributed by atoms with van der Waals surface area (Å²) < 4.78 is 1.58. The minimum Gasteiger partial charge on any atom is -0.299 e. The standard InChI is InChI=1S/C11H11ClN2O/c1-3-10-13-9-6-7(12)4-5-8(9)11(15)14(10)2/h4-6H,3H2,1-2H3. The van der Waals surface area contributed by atoms with Crippen LogP contribution in [0.3, 0.4) is 0 Å². The molecule has 1 aromatic carbocycles. The van der Waals surface area contributed by atoms with Crippen LogP contribution in [0.2, 0.25) is 5.02 Å². The van der Waals surface area contributed by atoms with Gasteiger partial charge in [-0.25, -0.2) is 4.98 Å². The smallest absolute Gasteiger partial charge is 0.261 e. The van der Waals surface area contributed by atoms with Crippen molar-refractivity contribution in [2.75, 3.05) is 0 Å². The zero-order valence-electron chi connectivity index (χ0n) is 8.62. The highest BCUT2D eigenvalue weighted by Crippen LogP contribution is 2.15. The Bertz CT molecular complexity index is 575. The topological polar surface area (TPSA) is 34.9 Å². The Kier molecular flexibility index (Phi) is 2.49. The van der Waals surface area contributed by atoms with E-state index >= 15 is 0 Å². The lowest BCUT2D eigenvalue weighted by Gasteiger charge is -2.06. The highest BCUT2D eigenvalue weighted by atomic mass is 35.5. The Hall–Kier alpha value is -1.35. The zero-order chi connectivity index (χ0) is 11.0. The molecule has 0 aliphatic rings. The molecule has 0 saturated heterocycles. The molecule has 0 spiro atoms. The first kappa shape index (κ1) is 10.2. The predicted octanol–water partition coefficient (Wildman–Crippen LogP) is 2.15. The zero-order valence-corrected chi connectivity index (χ0v) is 9.38. The highest BCUT2D eigenvalue weighted by molar-refractivity contribution is 6.31. The Labute approximate surface area is 92.3 Å². The van der Waals surface area contributed by atoms with Crippen LogP contribution in [-0.2, 0) is 13.5 Å². The van der Waals surface area contributed by atoms with Crippen LogP contribution in [0, 0.1) is 0 Å². The number of hydrogen-bond donors (Lipinski definition) is 0. The van der Waals surface area contributed by atoms with E-state index in [1.54, 1.807) is 29.8 Å². The van der Waals surface area contributed by atoms with Crippen LogP contribution < -0.4 is 5.56 Å². The molecular formula is C11H11ClN2O. The molecule has 1 aromatic heterocycles. The number of halogens is 1. The first-order valence-corrected chi connectivity index (χ1v) is 5.16. The van der Waals surface area contributed by atoms with Crippen molar-refractivity contribution in [3.8, 4) is 0 Å². The SMILES string of the molecule is CCc1nc2cc(Cl)ccc2c(=O)n1C. The van der Waals surface area contributed by atoms with Gasteiger partial charge in [0.1, 0.15) is 5.82 Å². The molecule has 2 rings (SSSR count). The van der Waals surface area contributed by atoms with Crippen LogP contribution in [0.5, 0.6) is 0 Å². The molecule has 4 heteroatoms. The molecular weight excluding hydrogens is 212 g/mol. The van der Waals surface area contributed by atoms with E-state index in [2.05, 4.69) is 4.98 Å². The molecule has 78 valence electrons. The van der Waals surface area contributed by atoms with Crippen molar-refractivity contribution in [1.29, 1.82) is 0 Å². The maximum atomic E-state index is 11.9. The number of aryl methyl sites for hydroxylation is 1. The molecule has 1 heterocycles. The van der Waals surface area contributed by atoms with E-state index in [1.165, 1.54) is 0 Å². The molecule has 0 atom stereocenters. The summed E-state index contributed by atoms with van der Waals surface area (Å²) in [6.45, 7) is 1.97. The minimum atomic E-state index is -0.0199. The fourth-order valence-corrected chi connectivity index (χ4v) is 1.77. The second-order valence-electron chi connectivity index (χ2n) is 3.41. The molecule has 2 aromatic rings. The van der Waals surface area contributed by atoms with Gasteiger partial charge in [-0.1, -0.05) is 18.5 Å². The summed E-state index contributed by atoms with van der Waals surface area (Å²) in [5, 5.41) is 1.21. The number of benzene rings is 1. The Balaban J connectivity index is 2.91. The number of fused-ring (bicyclic) bond motifs is 1. The van der Waals surface area contributed by atoms with E-state index in [4.69, 9.17) is 11.6 Å². The van der Waals surface area contributed by atoms with Crippen molar-refractivity contribution in [3.63, 3.8) is 0 Å². The van der Waals surface area contributed by atoms with Gasteiger partial charge < -0.3 is 0 Å². The largest absolute Gasteiger partial charge is 0.299 e. The molecule has 0 bridgehead atoms. The summed E-state index contributed by atoms with van der Waals surface area (Å²) in [5.41, 5.74) is 0.649. The monoisotopic (exact) mass is 222 g/mol. The van der Waals surface area contributed by atoms with Gasteiger partial charge in [-0.15, -0.1) is 0 Å². The van der Waals surface area contributed by atoms with Gasteiger partial charge in [0.15, 0.2) is 0 Å². The quantitative estimate of drug-likeness (QED) is 0.741. The van der Waals surface area contributed by atoms with Crippen molar-refractivity contribution in [1.82, 2.24) is 9.55 Å².